The lowest BCUT2D eigenvalue weighted by Crippen LogP contribution is -2.45. The number of hydrogen-bond acceptors (Lipinski definition) is 5. The first kappa shape index (κ1) is 17.3. The number of aromatic nitrogens is 2. The number of amides is 1. The van der Waals surface area contributed by atoms with Crippen molar-refractivity contribution in [3.8, 4) is 23.2 Å². The first-order chi connectivity index (χ1) is 14.0. The normalized spacial score (nSPS) is 19.8. The Morgan fingerprint density at radius 2 is 1.97 bits per heavy atom. The molecule has 5 rings (SSSR count). The van der Waals surface area contributed by atoms with Crippen molar-refractivity contribution in [2.45, 2.75) is 5.41 Å². The van der Waals surface area contributed by atoms with Crippen LogP contribution < -0.4 is 15.4 Å². The molecule has 0 fully saturated rings. The van der Waals surface area contributed by atoms with Crippen LogP contribution in [0.1, 0.15) is 11.1 Å². The van der Waals surface area contributed by atoms with Crippen molar-refractivity contribution in [1.82, 2.24) is 10.2 Å². The average Bonchev–Trinajstić information content (AvgIpc) is 3.24. The Kier molecular flexibility index (Phi) is 3.51. The second-order valence-corrected chi connectivity index (χ2v) is 7.31. The molecule has 3 N–H and O–H groups in total. The monoisotopic (exact) mass is 403 g/mol. The molecule has 2 aromatic carbocycles. The van der Waals surface area contributed by atoms with Gasteiger partial charge in [0, 0.05) is 28.9 Å². The smallest absolute Gasteiger partial charge is 0.247 e. The number of rotatable bonds is 1. The molecule has 29 heavy (non-hydrogen) atoms. The van der Waals surface area contributed by atoms with Gasteiger partial charge in [-0.05, 0) is 18.2 Å². The topological polar surface area (TPSA) is 108 Å². The van der Waals surface area contributed by atoms with E-state index in [1.165, 1.54) is 4.90 Å². The Hall–Kier alpha value is -3.76. The molecule has 1 spiro atoms. The van der Waals surface area contributed by atoms with Crippen molar-refractivity contribution < 1.29 is 9.53 Å². The van der Waals surface area contributed by atoms with Crippen molar-refractivity contribution in [2.24, 2.45) is 5.73 Å². The van der Waals surface area contributed by atoms with E-state index in [9.17, 15) is 10.1 Å². The summed E-state index contributed by atoms with van der Waals surface area (Å²) in [6, 6.07) is 16.6. The summed E-state index contributed by atoms with van der Waals surface area (Å²) < 4.78 is 5.64. The minimum Gasteiger partial charge on any atom is -0.420 e. The highest BCUT2D eigenvalue weighted by atomic mass is 35.5. The number of nitrogens with one attached hydrogen (secondary N) is 1. The van der Waals surface area contributed by atoms with Gasteiger partial charge in [0.15, 0.2) is 0 Å². The van der Waals surface area contributed by atoms with Crippen molar-refractivity contribution in [1.29, 1.82) is 5.26 Å². The third-order valence-corrected chi connectivity index (χ3v) is 5.73. The van der Waals surface area contributed by atoms with Crippen LogP contribution in [0.2, 0.25) is 5.02 Å². The van der Waals surface area contributed by atoms with E-state index in [0.29, 0.717) is 27.5 Å². The molecule has 142 valence electrons. The van der Waals surface area contributed by atoms with Crippen LogP contribution in [0.15, 0.2) is 60.0 Å². The van der Waals surface area contributed by atoms with E-state index >= 15 is 0 Å². The molecule has 0 aliphatic carbocycles. The van der Waals surface area contributed by atoms with E-state index in [-0.39, 0.29) is 23.2 Å². The molecule has 0 radical (unpaired) electrons. The summed E-state index contributed by atoms with van der Waals surface area (Å²) in [7, 11) is 1.68. The Morgan fingerprint density at radius 3 is 2.69 bits per heavy atom. The van der Waals surface area contributed by atoms with Crippen molar-refractivity contribution in [3.63, 3.8) is 0 Å². The Balaban J connectivity index is 1.91. The third kappa shape index (κ3) is 2.06. The summed E-state index contributed by atoms with van der Waals surface area (Å²) >= 11 is 6.03. The van der Waals surface area contributed by atoms with E-state index in [4.69, 9.17) is 22.1 Å². The van der Waals surface area contributed by atoms with Gasteiger partial charge in [-0.25, -0.2) is 0 Å². The maximum absolute atomic E-state index is 13.7. The average molecular weight is 404 g/mol. The molecule has 2 aliphatic rings. The predicted octanol–water partition coefficient (Wildman–Crippen LogP) is 3.08. The fourth-order valence-corrected chi connectivity index (χ4v) is 4.35. The van der Waals surface area contributed by atoms with Gasteiger partial charge in [-0.1, -0.05) is 41.9 Å². The number of hydrogen-bond donors (Lipinski definition) is 2. The number of ether oxygens (including phenoxy) is 1. The molecule has 0 bridgehead atoms. The van der Waals surface area contributed by atoms with Crippen LogP contribution in [0, 0.1) is 11.3 Å². The molecule has 7 nitrogen and oxygen atoms in total. The molecule has 1 atom stereocenters. The van der Waals surface area contributed by atoms with Crippen LogP contribution >= 0.6 is 11.6 Å². The molecule has 0 unspecified atom stereocenters. The number of fused-ring (bicyclic) bond motifs is 4. The fraction of sp³-hybridized carbons (Fsp3) is 0.0952. The SMILES string of the molecule is CN1C(=O)[C@]2(C(C#N)=C(N)Oc3n[nH]c(-c4ccc(Cl)cc4)c32)c2ccccc21. The minimum atomic E-state index is -1.44. The maximum atomic E-state index is 13.7. The van der Waals surface area contributed by atoms with Crippen molar-refractivity contribution in [2.75, 3.05) is 11.9 Å². The standard InChI is InChI=1S/C21H14ClN5O2/c1-27-15-5-3-2-4-13(15)21(20(27)28)14(10-23)18(24)29-19-16(21)17(25-26-19)11-6-8-12(22)9-7-11/h2-9H,24H2,1H3,(H,25,26)/t21-/m0/s1. The molecule has 0 saturated heterocycles. The second kappa shape index (κ2) is 5.87. The summed E-state index contributed by atoms with van der Waals surface area (Å²) in [5.41, 5.74) is 7.83. The summed E-state index contributed by atoms with van der Waals surface area (Å²) in [6.07, 6.45) is 0. The summed E-state index contributed by atoms with van der Waals surface area (Å²) in [6.45, 7) is 0. The largest absolute Gasteiger partial charge is 0.420 e. The molecule has 8 heteroatoms. The number of nitriles is 1. The van der Waals surface area contributed by atoms with Gasteiger partial charge < -0.3 is 15.4 Å². The zero-order valence-electron chi connectivity index (χ0n) is 15.2. The van der Waals surface area contributed by atoms with Crippen LogP contribution in [-0.4, -0.2) is 23.2 Å². The van der Waals surface area contributed by atoms with Gasteiger partial charge >= 0.3 is 0 Å². The number of para-hydroxylation sites is 1. The number of nitrogens with zero attached hydrogens (tertiary/aromatic N) is 3. The fourth-order valence-electron chi connectivity index (χ4n) is 4.22. The molecule has 2 aliphatic heterocycles. The van der Waals surface area contributed by atoms with Gasteiger partial charge in [0.05, 0.1) is 11.3 Å². The van der Waals surface area contributed by atoms with Crippen LogP contribution in [0.25, 0.3) is 11.3 Å². The number of carbonyl (C=O) groups is 1. The highest BCUT2D eigenvalue weighted by molar-refractivity contribution is 6.30. The summed E-state index contributed by atoms with van der Waals surface area (Å²) in [5.74, 6) is -0.253. The number of halogens is 1. The summed E-state index contributed by atoms with van der Waals surface area (Å²) in [5, 5.41) is 17.8. The molecule has 1 amide bonds. The quantitative estimate of drug-likeness (QED) is 0.649. The van der Waals surface area contributed by atoms with Crippen LogP contribution in [-0.2, 0) is 10.2 Å². The van der Waals surface area contributed by atoms with Crippen molar-refractivity contribution >= 4 is 23.2 Å². The van der Waals surface area contributed by atoms with Gasteiger partial charge in [-0.3, -0.25) is 9.89 Å². The highest BCUT2D eigenvalue weighted by Crippen LogP contribution is 2.56. The number of benzene rings is 2. The van der Waals surface area contributed by atoms with E-state index in [2.05, 4.69) is 16.3 Å². The Morgan fingerprint density at radius 1 is 1.24 bits per heavy atom. The zero-order valence-corrected chi connectivity index (χ0v) is 16.0. The number of carbonyl (C=O) groups excluding carboxylic acids is 1. The van der Waals surface area contributed by atoms with Gasteiger partial charge in [-0.2, -0.15) is 5.26 Å². The molecular formula is C21H14ClN5O2. The highest BCUT2D eigenvalue weighted by Gasteiger charge is 2.60. The molecule has 0 saturated carbocycles. The van der Waals surface area contributed by atoms with E-state index in [1.54, 1.807) is 19.2 Å². The Bertz CT molecular complexity index is 1250. The van der Waals surface area contributed by atoms with Crippen LogP contribution in [0.3, 0.4) is 0 Å². The Labute approximate surface area is 171 Å². The van der Waals surface area contributed by atoms with E-state index < -0.39 is 5.41 Å². The zero-order chi connectivity index (χ0) is 20.3. The van der Waals surface area contributed by atoms with Gasteiger partial charge in [0.1, 0.15) is 17.1 Å². The number of H-pyrrole nitrogens is 1. The van der Waals surface area contributed by atoms with Gasteiger partial charge in [0.25, 0.3) is 0 Å². The number of likely N-dealkylation sites (N-methyl/N-ethyl adjacent to an activating group) is 1. The molecule has 3 aromatic rings. The van der Waals surface area contributed by atoms with Crippen LogP contribution in [0.5, 0.6) is 5.88 Å². The lowest BCUT2D eigenvalue weighted by atomic mass is 9.68. The molecule has 3 heterocycles. The van der Waals surface area contributed by atoms with Crippen molar-refractivity contribution in [3.05, 3.63) is 76.1 Å². The molecular weight excluding hydrogens is 390 g/mol. The number of anilines is 1. The maximum Gasteiger partial charge on any atom is 0.247 e. The third-order valence-electron chi connectivity index (χ3n) is 5.48. The molecule has 1 aromatic heterocycles. The number of aromatic amines is 1. The lowest BCUT2D eigenvalue weighted by Gasteiger charge is -2.32. The predicted molar refractivity (Wildman–Crippen MR) is 107 cm³/mol. The number of nitrogens with two attached hydrogens (primary N) is 1. The van der Waals surface area contributed by atoms with E-state index in [0.717, 1.165) is 5.56 Å². The first-order valence-electron chi connectivity index (χ1n) is 8.80. The minimum absolute atomic E-state index is 0.0448. The van der Waals surface area contributed by atoms with Crippen LogP contribution in [0.4, 0.5) is 5.69 Å². The first-order valence-corrected chi connectivity index (χ1v) is 9.18. The van der Waals surface area contributed by atoms with Gasteiger partial charge in [-0.15, -0.1) is 5.10 Å². The van der Waals surface area contributed by atoms with Gasteiger partial charge in [0.2, 0.25) is 17.7 Å². The lowest BCUT2D eigenvalue weighted by molar-refractivity contribution is -0.120. The summed E-state index contributed by atoms with van der Waals surface area (Å²) in [4.78, 5) is 15.3. The second-order valence-electron chi connectivity index (χ2n) is 6.87. The van der Waals surface area contributed by atoms with E-state index in [1.807, 2.05) is 36.4 Å².